The number of hydrogen-bond donors (Lipinski definition) is 0. The minimum atomic E-state index is 0.299. The molecule has 0 atom stereocenters. The molecule has 0 radical (unpaired) electrons. The number of methoxy groups -OCH3 is 1. The molecule has 0 bridgehead atoms. The van der Waals surface area contributed by atoms with Crippen molar-refractivity contribution in [3.05, 3.63) is 100 Å². The maximum absolute atomic E-state index is 6.22. The average molecular weight is 453 g/mol. The first kappa shape index (κ1) is 21.3. The molecule has 1 heterocycles. The molecule has 6 heteroatoms. The van der Waals surface area contributed by atoms with Crippen LogP contribution in [0.1, 0.15) is 17.0 Å². The number of para-hydroxylation sites is 2. The molecular weight excluding hydrogens is 431 g/mol. The van der Waals surface area contributed by atoms with Crippen LogP contribution in [0.5, 0.6) is 11.5 Å². The van der Waals surface area contributed by atoms with E-state index in [9.17, 15) is 0 Å². The molecule has 0 aliphatic rings. The SMILES string of the molecule is C=CCc1ccc(OCc2nc3ccccc3n2Cc2ccc(Cl)c(Cl)c2)c(OC)c1. The second-order valence-corrected chi connectivity index (χ2v) is 7.93. The summed E-state index contributed by atoms with van der Waals surface area (Å²) in [5.74, 6) is 2.17. The maximum atomic E-state index is 6.22. The van der Waals surface area contributed by atoms with Crippen LogP contribution in [0, 0.1) is 0 Å². The van der Waals surface area contributed by atoms with Crippen LogP contribution in [-0.4, -0.2) is 16.7 Å². The number of allylic oxidation sites excluding steroid dienone is 1. The molecule has 0 N–H and O–H groups in total. The number of benzene rings is 3. The fourth-order valence-electron chi connectivity index (χ4n) is 3.50. The van der Waals surface area contributed by atoms with Gasteiger partial charge in [-0.15, -0.1) is 6.58 Å². The average Bonchev–Trinajstić information content (AvgIpc) is 3.13. The van der Waals surface area contributed by atoms with Crippen LogP contribution in [0.3, 0.4) is 0 Å². The fraction of sp³-hybridized carbons (Fsp3) is 0.160. The Bertz CT molecular complexity index is 1230. The van der Waals surface area contributed by atoms with E-state index < -0.39 is 0 Å². The standard InChI is InChI=1S/C25H22Cl2N2O2/c1-3-6-17-10-12-23(24(14-17)30-2)31-16-25-28-21-7-4-5-8-22(21)29(25)15-18-9-11-19(26)20(27)13-18/h3-5,7-14H,1,6,15-16H2,2H3. The molecule has 4 rings (SSSR count). The summed E-state index contributed by atoms with van der Waals surface area (Å²) in [5.41, 5.74) is 4.09. The smallest absolute Gasteiger partial charge is 0.161 e. The lowest BCUT2D eigenvalue weighted by Crippen LogP contribution is -2.09. The molecule has 0 saturated carbocycles. The fourth-order valence-corrected chi connectivity index (χ4v) is 3.82. The molecule has 31 heavy (non-hydrogen) atoms. The molecule has 0 aliphatic carbocycles. The van der Waals surface area contributed by atoms with Gasteiger partial charge in [-0.25, -0.2) is 4.98 Å². The predicted octanol–water partition coefficient (Wildman–Crippen LogP) is 6.71. The summed E-state index contributed by atoms with van der Waals surface area (Å²) in [7, 11) is 1.64. The van der Waals surface area contributed by atoms with Crippen molar-refractivity contribution in [2.45, 2.75) is 19.6 Å². The Morgan fingerprint density at radius 1 is 0.968 bits per heavy atom. The molecule has 158 valence electrons. The van der Waals surface area contributed by atoms with E-state index in [1.54, 1.807) is 7.11 Å². The van der Waals surface area contributed by atoms with Gasteiger partial charge in [0, 0.05) is 6.54 Å². The number of halogens is 2. The van der Waals surface area contributed by atoms with Crippen LogP contribution in [-0.2, 0) is 19.6 Å². The number of fused-ring (bicyclic) bond motifs is 1. The normalized spacial score (nSPS) is 10.9. The summed E-state index contributed by atoms with van der Waals surface area (Å²) in [6.07, 6.45) is 2.64. The lowest BCUT2D eigenvalue weighted by atomic mass is 10.1. The van der Waals surface area contributed by atoms with Gasteiger partial charge in [-0.05, 0) is 53.9 Å². The molecule has 0 amide bonds. The summed E-state index contributed by atoms with van der Waals surface area (Å²) in [5, 5.41) is 1.07. The summed E-state index contributed by atoms with van der Waals surface area (Å²) in [4.78, 5) is 4.79. The van der Waals surface area contributed by atoms with Gasteiger partial charge in [0.15, 0.2) is 11.5 Å². The van der Waals surface area contributed by atoms with Crippen LogP contribution in [0.25, 0.3) is 11.0 Å². The van der Waals surface area contributed by atoms with Crippen molar-refractivity contribution >= 4 is 34.2 Å². The monoisotopic (exact) mass is 452 g/mol. The second kappa shape index (κ2) is 9.46. The molecule has 0 unspecified atom stereocenters. The first-order valence-corrected chi connectivity index (χ1v) is 10.6. The molecule has 4 aromatic rings. The third-order valence-corrected chi connectivity index (χ3v) is 5.76. The zero-order valence-corrected chi connectivity index (χ0v) is 18.7. The summed E-state index contributed by atoms with van der Waals surface area (Å²) in [6, 6.07) is 19.6. The zero-order valence-electron chi connectivity index (χ0n) is 17.1. The van der Waals surface area contributed by atoms with E-state index in [4.69, 9.17) is 37.7 Å². The van der Waals surface area contributed by atoms with Crippen molar-refractivity contribution in [2.75, 3.05) is 7.11 Å². The van der Waals surface area contributed by atoms with Crippen LogP contribution in [0.15, 0.2) is 73.3 Å². The van der Waals surface area contributed by atoms with Gasteiger partial charge in [-0.2, -0.15) is 0 Å². The second-order valence-electron chi connectivity index (χ2n) is 7.12. The molecule has 0 fully saturated rings. The van der Waals surface area contributed by atoms with Gasteiger partial charge in [0.1, 0.15) is 12.4 Å². The number of nitrogens with zero attached hydrogens (tertiary/aromatic N) is 2. The maximum Gasteiger partial charge on any atom is 0.161 e. The van der Waals surface area contributed by atoms with Gasteiger partial charge in [0.05, 0.1) is 28.2 Å². The minimum Gasteiger partial charge on any atom is -0.493 e. The van der Waals surface area contributed by atoms with Gasteiger partial charge < -0.3 is 14.0 Å². The van der Waals surface area contributed by atoms with Crippen LogP contribution in [0.2, 0.25) is 10.0 Å². The predicted molar refractivity (Wildman–Crippen MR) is 127 cm³/mol. The molecule has 3 aromatic carbocycles. The third-order valence-electron chi connectivity index (χ3n) is 5.02. The highest BCUT2D eigenvalue weighted by atomic mass is 35.5. The van der Waals surface area contributed by atoms with Crippen LogP contribution >= 0.6 is 23.2 Å². The van der Waals surface area contributed by atoms with E-state index >= 15 is 0 Å². The Hall–Kier alpha value is -2.95. The lowest BCUT2D eigenvalue weighted by molar-refractivity contribution is 0.272. The van der Waals surface area contributed by atoms with E-state index in [0.29, 0.717) is 34.7 Å². The number of ether oxygens (including phenoxy) is 2. The van der Waals surface area contributed by atoms with E-state index in [1.165, 1.54) is 0 Å². The molecule has 4 nitrogen and oxygen atoms in total. The van der Waals surface area contributed by atoms with E-state index in [-0.39, 0.29) is 0 Å². The number of imidazole rings is 1. The van der Waals surface area contributed by atoms with Gasteiger partial charge in [-0.1, -0.05) is 53.5 Å². The van der Waals surface area contributed by atoms with Crippen molar-refractivity contribution in [1.82, 2.24) is 9.55 Å². The van der Waals surface area contributed by atoms with Crippen LogP contribution < -0.4 is 9.47 Å². The Morgan fingerprint density at radius 2 is 1.77 bits per heavy atom. The Morgan fingerprint density at radius 3 is 2.55 bits per heavy atom. The van der Waals surface area contributed by atoms with Crippen molar-refractivity contribution in [3.63, 3.8) is 0 Å². The Kier molecular flexibility index (Phi) is 6.50. The number of aromatic nitrogens is 2. The first-order valence-electron chi connectivity index (χ1n) is 9.87. The van der Waals surface area contributed by atoms with Crippen LogP contribution in [0.4, 0.5) is 0 Å². The highest BCUT2D eigenvalue weighted by molar-refractivity contribution is 6.42. The van der Waals surface area contributed by atoms with Crippen molar-refractivity contribution in [1.29, 1.82) is 0 Å². The lowest BCUT2D eigenvalue weighted by Gasteiger charge is -2.14. The van der Waals surface area contributed by atoms with Crippen molar-refractivity contribution in [2.24, 2.45) is 0 Å². The quantitative estimate of drug-likeness (QED) is 0.278. The van der Waals surface area contributed by atoms with E-state index in [1.807, 2.05) is 66.7 Å². The summed E-state index contributed by atoms with van der Waals surface area (Å²) in [6.45, 7) is 4.69. The largest absolute Gasteiger partial charge is 0.493 e. The van der Waals surface area contributed by atoms with E-state index in [0.717, 1.165) is 34.4 Å². The molecule has 0 spiro atoms. The minimum absolute atomic E-state index is 0.299. The topological polar surface area (TPSA) is 36.3 Å². The summed E-state index contributed by atoms with van der Waals surface area (Å²) >= 11 is 12.3. The number of hydrogen-bond acceptors (Lipinski definition) is 3. The van der Waals surface area contributed by atoms with Gasteiger partial charge >= 0.3 is 0 Å². The highest BCUT2D eigenvalue weighted by Gasteiger charge is 2.14. The van der Waals surface area contributed by atoms with Gasteiger partial charge in [0.25, 0.3) is 0 Å². The molecular formula is C25H22Cl2N2O2. The molecule has 1 aromatic heterocycles. The molecule has 0 aliphatic heterocycles. The Labute approximate surface area is 191 Å². The van der Waals surface area contributed by atoms with Gasteiger partial charge in [-0.3, -0.25) is 0 Å². The van der Waals surface area contributed by atoms with Crippen molar-refractivity contribution < 1.29 is 9.47 Å². The number of rotatable bonds is 8. The zero-order chi connectivity index (χ0) is 21.8. The van der Waals surface area contributed by atoms with E-state index in [2.05, 4.69) is 11.1 Å². The Balaban J connectivity index is 1.64. The molecule has 0 saturated heterocycles. The summed E-state index contributed by atoms with van der Waals surface area (Å²) < 4.78 is 13.8. The van der Waals surface area contributed by atoms with Crippen molar-refractivity contribution in [3.8, 4) is 11.5 Å². The first-order chi connectivity index (χ1) is 15.1. The third kappa shape index (κ3) is 4.71. The van der Waals surface area contributed by atoms with Gasteiger partial charge in [0.2, 0.25) is 0 Å². The highest BCUT2D eigenvalue weighted by Crippen LogP contribution is 2.30.